The van der Waals surface area contributed by atoms with E-state index in [1.54, 1.807) is 0 Å². The molecule has 126 valence electrons. The van der Waals surface area contributed by atoms with Gasteiger partial charge in [0.2, 0.25) is 0 Å². The van der Waals surface area contributed by atoms with Crippen molar-refractivity contribution in [2.24, 2.45) is 5.92 Å². The summed E-state index contributed by atoms with van der Waals surface area (Å²) in [5, 5.41) is 35.3. The highest BCUT2D eigenvalue weighted by atomic mass is 16.7. The fraction of sp³-hybridized carbons (Fsp3) is 0.938. The van der Waals surface area contributed by atoms with Crippen LogP contribution in [0.4, 0.5) is 0 Å². The lowest BCUT2D eigenvalue weighted by Gasteiger charge is -2.13. The average Bonchev–Trinajstić information content (AvgIpc) is 2.38. The third kappa shape index (κ3) is 14.1. The molecule has 0 aromatic rings. The van der Waals surface area contributed by atoms with E-state index in [2.05, 4.69) is 6.92 Å². The maximum Gasteiger partial charge on any atom is 0.306 e. The van der Waals surface area contributed by atoms with Crippen LogP contribution < -0.4 is 0 Å². The molecule has 0 fully saturated rings. The zero-order valence-electron chi connectivity index (χ0n) is 13.3. The quantitative estimate of drug-likeness (QED) is 0.292. The Labute approximate surface area is 128 Å². The Bertz CT molecular complexity index is 260. The third-order valence-electron chi connectivity index (χ3n) is 3.82. The summed E-state index contributed by atoms with van der Waals surface area (Å²) in [5.41, 5.74) is 0. The lowest BCUT2D eigenvalue weighted by Crippen LogP contribution is -2.26. The zero-order valence-corrected chi connectivity index (χ0v) is 13.3. The molecule has 0 bridgehead atoms. The van der Waals surface area contributed by atoms with Crippen LogP contribution in [0.3, 0.4) is 0 Å². The van der Waals surface area contributed by atoms with Crippen molar-refractivity contribution in [1.82, 2.24) is 0 Å². The SMILES string of the molecule is CCCCCCC(CCCCCCCC(O)(O)O)C(=O)O. The summed E-state index contributed by atoms with van der Waals surface area (Å²) in [5.74, 6) is -3.45. The monoisotopic (exact) mass is 304 g/mol. The fourth-order valence-electron chi connectivity index (χ4n) is 2.49. The molecule has 0 aromatic heterocycles. The van der Waals surface area contributed by atoms with E-state index in [-0.39, 0.29) is 12.3 Å². The Kier molecular flexibility index (Phi) is 11.6. The van der Waals surface area contributed by atoms with E-state index in [0.29, 0.717) is 6.42 Å². The van der Waals surface area contributed by atoms with Gasteiger partial charge in [0.1, 0.15) is 0 Å². The van der Waals surface area contributed by atoms with Gasteiger partial charge in [0.25, 0.3) is 5.97 Å². The van der Waals surface area contributed by atoms with Crippen LogP contribution in [-0.2, 0) is 4.79 Å². The Morgan fingerprint density at radius 2 is 1.33 bits per heavy atom. The highest BCUT2D eigenvalue weighted by Crippen LogP contribution is 2.19. The molecule has 1 unspecified atom stereocenters. The number of aliphatic hydroxyl groups is 3. The minimum absolute atomic E-state index is 0.0395. The molecule has 0 spiro atoms. The van der Waals surface area contributed by atoms with Crippen molar-refractivity contribution in [3.63, 3.8) is 0 Å². The van der Waals surface area contributed by atoms with Gasteiger partial charge in [-0.15, -0.1) is 0 Å². The van der Waals surface area contributed by atoms with Gasteiger partial charge in [-0.2, -0.15) is 0 Å². The first-order valence-electron chi connectivity index (χ1n) is 8.26. The van der Waals surface area contributed by atoms with Gasteiger partial charge in [0.05, 0.1) is 5.92 Å². The van der Waals surface area contributed by atoms with Gasteiger partial charge in [-0.3, -0.25) is 4.79 Å². The van der Waals surface area contributed by atoms with Gasteiger partial charge >= 0.3 is 5.97 Å². The van der Waals surface area contributed by atoms with Crippen LogP contribution in [0.5, 0.6) is 0 Å². The minimum atomic E-state index is -2.55. The van der Waals surface area contributed by atoms with Crippen LogP contribution in [0, 0.1) is 5.92 Å². The number of aliphatic carboxylic acids is 1. The summed E-state index contributed by atoms with van der Waals surface area (Å²) in [4.78, 5) is 11.2. The smallest absolute Gasteiger partial charge is 0.306 e. The predicted molar refractivity (Wildman–Crippen MR) is 81.6 cm³/mol. The van der Waals surface area contributed by atoms with Crippen LogP contribution in [0.1, 0.15) is 84.0 Å². The number of hydrogen-bond acceptors (Lipinski definition) is 4. The molecule has 0 aromatic carbocycles. The van der Waals surface area contributed by atoms with Gasteiger partial charge in [-0.25, -0.2) is 0 Å². The molecule has 5 heteroatoms. The number of carbonyl (C=O) groups is 1. The average molecular weight is 304 g/mol. The van der Waals surface area contributed by atoms with E-state index in [9.17, 15) is 9.90 Å². The molecule has 0 rings (SSSR count). The van der Waals surface area contributed by atoms with Crippen LogP contribution >= 0.6 is 0 Å². The van der Waals surface area contributed by atoms with E-state index in [1.165, 1.54) is 6.42 Å². The minimum Gasteiger partial charge on any atom is -0.481 e. The molecule has 0 aliphatic rings. The highest BCUT2D eigenvalue weighted by Gasteiger charge is 2.17. The molecular weight excluding hydrogens is 272 g/mol. The molecule has 0 saturated carbocycles. The van der Waals surface area contributed by atoms with E-state index in [0.717, 1.165) is 57.8 Å². The first-order chi connectivity index (χ1) is 9.87. The second-order valence-electron chi connectivity index (χ2n) is 5.97. The van der Waals surface area contributed by atoms with E-state index >= 15 is 0 Å². The van der Waals surface area contributed by atoms with Crippen LogP contribution in [0.15, 0.2) is 0 Å². The first-order valence-corrected chi connectivity index (χ1v) is 8.26. The van der Waals surface area contributed by atoms with Crippen molar-refractivity contribution in [2.75, 3.05) is 0 Å². The number of unbranched alkanes of at least 4 members (excludes halogenated alkanes) is 7. The highest BCUT2D eigenvalue weighted by molar-refractivity contribution is 5.69. The van der Waals surface area contributed by atoms with Crippen molar-refractivity contribution in [1.29, 1.82) is 0 Å². The van der Waals surface area contributed by atoms with Crippen LogP contribution in [0.2, 0.25) is 0 Å². The summed E-state index contributed by atoms with van der Waals surface area (Å²) in [6.45, 7) is 2.14. The standard InChI is InChI=1S/C16H32O5/c1-2-3-4-8-11-14(15(17)18)12-9-6-5-7-10-13-16(19,20)21/h14,19-21H,2-13H2,1H3,(H,17,18). The van der Waals surface area contributed by atoms with E-state index in [1.807, 2.05) is 0 Å². The molecule has 4 N–H and O–H groups in total. The molecule has 21 heavy (non-hydrogen) atoms. The van der Waals surface area contributed by atoms with Crippen molar-refractivity contribution in [3.8, 4) is 0 Å². The summed E-state index contributed by atoms with van der Waals surface area (Å²) in [6.07, 6.45) is 10.1. The largest absolute Gasteiger partial charge is 0.481 e. The maximum absolute atomic E-state index is 11.2. The third-order valence-corrected chi connectivity index (χ3v) is 3.82. The summed E-state index contributed by atoms with van der Waals surface area (Å²) in [6, 6.07) is 0. The number of hydrogen-bond donors (Lipinski definition) is 4. The summed E-state index contributed by atoms with van der Waals surface area (Å²) < 4.78 is 0. The Morgan fingerprint density at radius 1 is 0.857 bits per heavy atom. The maximum atomic E-state index is 11.2. The molecular formula is C16H32O5. The van der Waals surface area contributed by atoms with Crippen LogP contribution in [0.25, 0.3) is 0 Å². The molecule has 0 amide bonds. The van der Waals surface area contributed by atoms with E-state index in [4.69, 9.17) is 15.3 Å². The Hall–Kier alpha value is -0.650. The van der Waals surface area contributed by atoms with Crippen molar-refractivity contribution in [2.45, 2.75) is 89.9 Å². The lowest BCUT2D eigenvalue weighted by atomic mass is 9.94. The number of rotatable bonds is 14. The number of carboxylic acids is 1. The van der Waals surface area contributed by atoms with Crippen molar-refractivity contribution < 1.29 is 25.2 Å². The second-order valence-corrected chi connectivity index (χ2v) is 5.97. The van der Waals surface area contributed by atoms with Gasteiger partial charge in [-0.1, -0.05) is 58.3 Å². The summed E-state index contributed by atoms with van der Waals surface area (Å²) >= 11 is 0. The molecule has 1 atom stereocenters. The molecule has 5 nitrogen and oxygen atoms in total. The van der Waals surface area contributed by atoms with Crippen molar-refractivity contribution >= 4 is 5.97 Å². The van der Waals surface area contributed by atoms with Gasteiger partial charge < -0.3 is 20.4 Å². The fourth-order valence-corrected chi connectivity index (χ4v) is 2.49. The summed E-state index contributed by atoms with van der Waals surface area (Å²) in [7, 11) is 0. The van der Waals surface area contributed by atoms with Gasteiger partial charge in [0.15, 0.2) is 0 Å². The topological polar surface area (TPSA) is 98.0 Å². The molecule has 0 radical (unpaired) electrons. The molecule has 0 heterocycles. The van der Waals surface area contributed by atoms with Crippen LogP contribution in [-0.4, -0.2) is 32.4 Å². The molecule has 0 saturated heterocycles. The van der Waals surface area contributed by atoms with Gasteiger partial charge in [0, 0.05) is 6.42 Å². The normalized spacial score (nSPS) is 13.3. The van der Waals surface area contributed by atoms with Crippen molar-refractivity contribution in [3.05, 3.63) is 0 Å². The molecule has 0 aliphatic carbocycles. The Balaban J connectivity index is 3.58. The lowest BCUT2D eigenvalue weighted by molar-refractivity contribution is -0.315. The zero-order chi connectivity index (χ0) is 16.1. The number of carboxylic acid groups (broad SMARTS) is 1. The predicted octanol–water partition coefficient (Wildman–Crippen LogP) is 3.02. The first kappa shape index (κ1) is 20.3. The molecule has 0 aliphatic heterocycles. The van der Waals surface area contributed by atoms with Gasteiger partial charge in [-0.05, 0) is 19.3 Å². The van der Waals surface area contributed by atoms with E-state index < -0.39 is 11.9 Å². The second kappa shape index (κ2) is 12.0. The Morgan fingerprint density at radius 3 is 1.81 bits per heavy atom.